The minimum absolute atomic E-state index is 0.0806. The molecule has 0 aliphatic carbocycles. The number of nitrogens with zero attached hydrogens (tertiary/aromatic N) is 3. The van der Waals surface area contributed by atoms with Gasteiger partial charge in [-0.25, -0.2) is 0 Å². The van der Waals surface area contributed by atoms with Crippen molar-refractivity contribution in [1.82, 2.24) is 14.7 Å². The maximum atomic E-state index is 12.1. The number of morpholine rings is 1. The van der Waals surface area contributed by atoms with Crippen LogP contribution < -0.4 is 0 Å². The molecule has 21 heavy (non-hydrogen) atoms. The molecule has 1 atom stereocenters. The van der Waals surface area contributed by atoms with E-state index in [-0.39, 0.29) is 17.4 Å². The molecule has 0 N–H and O–H groups in total. The lowest BCUT2D eigenvalue weighted by atomic mass is 9.91. The minimum Gasteiger partial charge on any atom is -0.366 e. The molecule has 2 aliphatic rings. The van der Waals surface area contributed by atoms with E-state index in [4.69, 9.17) is 4.74 Å². The highest BCUT2D eigenvalue weighted by molar-refractivity contribution is 5.80. The van der Waals surface area contributed by atoms with Crippen LogP contribution in [-0.4, -0.2) is 86.7 Å². The molecule has 2 aliphatic heterocycles. The number of hydrogen-bond acceptors (Lipinski definition) is 4. The first kappa shape index (κ1) is 16.7. The third-order valence-corrected chi connectivity index (χ3v) is 4.37. The summed E-state index contributed by atoms with van der Waals surface area (Å²) in [7, 11) is 3.59. The molecule has 0 spiro atoms. The average molecular weight is 297 g/mol. The quantitative estimate of drug-likeness (QED) is 0.755. The summed E-state index contributed by atoms with van der Waals surface area (Å²) in [6.45, 7) is 11.7. The van der Waals surface area contributed by atoms with E-state index in [9.17, 15) is 4.79 Å². The lowest BCUT2D eigenvalue weighted by Crippen LogP contribution is -2.52. The highest BCUT2D eigenvalue weighted by Crippen LogP contribution is 2.23. The van der Waals surface area contributed by atoms with Gasteiger partial charge >= 0.3 is 0 Å². The Morgan fingerprint density at radius 2 is 1.76 bits per heavy atom. The van der Waals surface area contributed by atoms with Gasteiger partial charge in [0, 0.05) is 40.3 Å². The third kappa shape index (κ3) is 4.94. The monoisotopic (exact) mass is 297 g/mol. The Balaban J connectivity index is 1.84. The van der Waals surface area contributed by atoms with Crippen LogP contribution in [-0.2, 0) is 9.53 Å². The number of carbonyl (C=O) groups excluding carboxylic acids is 1. The molecule has 0 saturated carbocycles. The first-order valence-corrected chi connectivity index (χ1v) is 8.15. The second kappa shape index (κ2) is 7.07. The molecule has 0 bridgehead atoms. The second-order valence-electron chi connectivity index (χ2n) is 7.47. The largest absolute Gasteiger partial charge is 0.366 e. The molecule has 2 rings (SSSR count). The summed E-state index contributed by atoms with van der Waals surface area (Å²) >= 11 is 0. The van der Waals surface area contributed by atoms with Crippen LogP contribution in [0, 0.1) is 5.41 Å². The molecule has 0 radical (unpaired) electrons. The number of hydrogen-bond donors (Lipinski definition) is 0. The van der Waals surface area contributed by atoms with Crippen LogP contribution in [0.25, 0.3) is 0 Å². The molecule has 122 valence electrons. The number of amides is 1. The molecule has 0 aromatic rings. The van der Waals surface area contributed by atoms with E-state index in [0.717, 1.165) is 26.2 Å². The lowest BCUT2D eigenvalue weighted by molar-refractivity contribution is -0.147. The van der Waals surface area contributed by atoms with Crippen molar-refractivity contribution in [3.05, 3.63) is 0 Å². The van der Waals surface area contributed by atoms with Crippen molar-refractivity contribution in [3.63, 3.8) is 0 Å². The van der Waals surface area contributed by atoms with Gasteiger partial charge in [-0.05, 0) is 31.3 Å². The van der Waals surface area contributed by atoms with Gasteiger partial charge in [0.25, 0.3) is 5.91 Å². The first-order valence-electron chi connectivity index (χ1n) is 8.15. The average Bonchev–Trinajstić information content (AvgIpc) is 2.89. The number of ether oxygens (including phenoxy) is 1. The van der Waals surface area contributed by atoms with Crippen molar-refractivity contribution in [2.75, 3.05) is 60.0 Å². The molecule has 5 nitrogen and oxygen atoms in total. The van der Waals surface area contributed by atoms with E-state index in [1.54, 1.807) is 19.0 Å². The Morgan fingerprint density at radius 3 is 2.38 bits per heavy atom. The van der Waals surface area contributed by atoms with Gasteiger partial charge in [-0.15, -0.1) is 0 Å². The molecule has 2 heterocycles. The summed E-state index contributed by atoms with van der Waals surface area (Å²) < 4.78 is 5.64. The van der Waals surface area contributed by atoms with Crippen LogP contribution in [0.1, 0.15) is 26.7 Å². The third-order valence-electron chi connectivity index (χ3n) is 4.37. The Labute approximate surface area is 129 Å². The second-order valence-corrected chi connectivity index (χ2v) is 7.47. The topological polar surface area (TPSA) is 36.0 Å². The lowest BCUT2D eigenvalue weighted by Gasteiger charge is -2.39. The van der Waals surface area contributed by atoms with Crippen molar-refractivity contribution in [2.45, 2.75) is 32.8 Å². The Kier molecular flexibility index (Phi) is 5.63. The zero-order valence-electron chi connectivity index (χ0n) is 14.1. The van der Waals surface area contributed by atoms with Crippen LogP contribution in [0.2, 0.25) is 0 Å². The molecular formula is C16H31N3O2. The van der Waals surface area contributed by atoms with Crippen molar-refractivity contribution in [3.8, 4) is 0 Å². The van der Waals surface area contributed by atoms with E-state index in [1.807, 2.05) is 0 Å². The maximum absolute atomic E-state index is 12.1. The normalized spacial score (nSPS) is 25.2. The Morgan fingerprint density at radius 1 is 1.14 bits per heavy atom. The van der Waals surface area contributed by atoms with E-state index < -0.39 is 0 Å². The zero-order chi connectivity index (χ0) is 15.5. The van der Waals surface area contributed by atoms with E-state index in [0.29, 0.717) is 6.61 Å². The molecular weight excluding hydrogens is 266 g/mol. The van der Waals surface area contributed by atoms with Gasteiger partial charge in [0.2, 0.25) is 0 Å². The summed E-state index contributed by atoms with van der Waals surface area (Å²) in [4.78, 5) is 18.6. The van der Waals surface area contributed by atoms with Gasteiger partial charge < -0.3 is 14.5 Å². The van der Waals surface area contributed by atoms with E-state index in [1.165, 1.54) is 25.9 Å². The number of rotatable bonds is 5. The highest BCUT2D eigenvalue weighted by atomic mass is 16.5. The predicted molar refractivity (Wildman–Crippen MR) is 84.3 cm³/mol. The Hall–Kier alpha value is -0.650. The summed E-state index contributed by atoms with van der Waals surface area (Å²) in [5.74, 6) is 0.0806. The highest BCUT2D eigenvalue weighted by Gasteiger charge is 2.32. The molecule has 0 aromatic carbocycles. The fourth-order valence-corrected chi connectivity index (χ4v) is 3.48. The zero-order valence-corrected chi connectivity index (χ0v) is 14.1. The molecule has 2 fully saturated rings. The van der Waals surface area contributed by atoms with Crippen molar-refractivity contribution < 1.29 is 9.53 Å². The van der Waals surface area contributed by atoms with Gasteiger partial charge in [-0.2, -0.15) is 0 Å². The van der Waals surface area contributed by atoms with Crippen LogP contribution in [0.5, 0.6) is 0 Å². The van der Waals surface area contributed by atoms with Crippen LogP contribution >= 0.6 is 0 Å². The number of likely N-dealkylation sites (N-methyl/N-ethyl adjacent to an activating group) is 1. The summed E-state index contributed by atoms with van der Waals surface area (Å²) in [6, 6.07) is 0. The standard InChI is InChI=1S/C16H31N3O2/c1-16(2,12-18-7-5-6-8-18)13-19-9-10-21-14(11-19)15(20)17(3)4/h14H,5-13H2,1-4H3/t14-/m1/s1. The van der Waals surface area contributed by atoms with Crippen LogP contribution in [0.4, 0.5) is 0 Å². The van der Waals surface area contributed by atoms with Crippen LogP contribution in [0.15, 0.2) is 0 Å². The number of likely N-dealkylation sites (tertiary alicyclic amines) is 1. The summed E-state index contributed by atoms with van der Waals surface area (Å²) in [5, 5.41) is 0. The predicted octanol–water partition coefficient (Wildman–Crippen LogP) is 0.897. The summed E-state index contributed by atoms with van der Waals surface area (Å²) in [5.41, 5.74) is 0.257. The molecule has 0 aromatic heterocycles. The fourth-order valence-electron chi connectivity index (χ4n) is 3.48. The minimum atomic E-state index is -0.295. The molecule has 0 unspecified atom stereocenters. The molecule has 2 saturated heterocycles. The van der Waals surface area contributed by atoms with Gasteiger partial charge in [-0.3, -0.25) is 9.69 Å². The van der Waals surface area contributed by atoms with Crippen molar-refractivity contribution in [2.24, 2.45) is 5.41 Å². The van der Waals surface area contributed by atoms with E-state index >= 15 is 0 Å². The molecule has 1 amide bonds. The van der Waals surface area contributed by atoms with Gasteiger partial charge in [0.1, 0.15) is 6.10 Å². The first-order chi connectivity index (χ1) is 9.87. The van der Waals surface area contributed by atoms with Crippen LogP contribution in [0.3, 0.4) is 0 Å². The van der Waals surface area contributed by atoms with Gasteiger partial charge in [0.05, 0.1) is 6.61 Å². The van der Waals surface area contributed by atoms with E-state index in [2.05, 4.69) is 23.6 Å². The van der Waals surface area contributed by atoms with Gasteiger partial charge in [0.15, 0.2) is 0 Å². The Bertz CT molecular complexity index is 351. The van der Waals surface area contributed by atoms with Crippen molar-refractivity contribution in [1.29, 1.82) is 0 Å². The van der Waals surface area contributed by atoms with Gasteiger partial charge in [-0.1, -0.05) is 13.8 Å². The summed E-state index contributed by atoms with van der Waals surface area (Å²) in [6.07, 6.45) is 2.39. The smallest absolute Gasteiger partial charge is 0.252 e. The molecule has 5 heteroatoms. The fraction of sp³-hybridized carbons (Fsp3) is 0.938. The van der Waals surface area contributed by atoms with Crippen molar-refractivity contribution >= 4 is 5.91 Å². The maximum Gasteiger partial charge on any atom is 0.252 e. The SMILES string of the molecule is CN(C)C(=O)[C@H]1CN(CC(C)(C)CN2CCCC2)CCO1. The number of carbonyl (C=O) groups is 1.